The van der Waals surface area contributed by atoms with Crippen LogP contribution in [0.5, 0.6) is 11.5 Å². The molecule has 4 aromatic rings. The van der Waals surface area contributed by atoms with E-state index in [1.165, 1.54) is 16.5 Å². The van der Waals surface area contributed by atoms with Crippen LogP contribution in [-0.4, -0.2) is 27.5 Å². The quantitative estimate of drug-likeness (QED) is 0.198. The molecule has 7 heteroatoms. The van der Waals surface area contributed by atoms with Crippen LogP contribution < -0.4 is 9.47 Å². The van der Waals surface area contributed by atoms with Gasteiger partial charge in [0.1, 0.15) is 11.6 Å². The highest BCUT2D eigenvalue weighted by molar-refractivity contribution is 7.98. The van der Waals surface area contributed by atoms with Gasteiger partial charge in [-0.2, -0.15) is 0 Å². The number of halogens is 1. The van der Waals surface area contributed by atoms with E-state index < -0.39 is 0 Å². The Morgan fingerprint density at radius 3 is 2.68 bits per heavy atom. The summed E-state index contributed by atoms with van der Waals surface area (Å²) >= 11 is 1.77. The molecule has 5 rings (SSSR count). The molecule has 0 N–H and O–H groups in total. The van der Waals surface area contributed by atoms with Crippen molar-refractivity contribution in [2.75, 3.05) is 13.0 Å². The molecule has 0 fully saturated rings. The molecule has 0 aliphatic carbocycles. The Morgan fingerprint density at radius 1 is 0.973 bits per heavy atom. The van der Waals surface area contributed by atoms with Gasteiger partial charge in [-0.3, -0.25) is 4.90 Å². The summed E-state index contributed by atoms with van der Waals surface area (Å²) in [5, 5.41) is 0. The van der Waals surface area contributed by atoms with Gasteiger partial charge in [0.15, 0.2) is 11.5 Å². The molecule has 1 aliphatic rings. The van der Waals surface area contributed by atoms with Gasteiger partial charge >= 0.3 is 0 Å². The minimum Gasteiger partial charge on any atom is -0.454 e. The number of nitrogens with zero attached hydrogens (tertiary/aromatic N) is 3. The standard InChI is InChI=1S/C30H32FN3O2S/c1-3-4-14-34-26(17-32-30(34)23-9-7-10-25(31)16-23)20-33(19-24-8-5-6-11-29(24)37-2)18-22-12-13-27-28(15-22)36-21-35-27/h5-13,15-17H,3-4,14,18-21H2,1-2H3. The largest absolute Gasteiger partial charge is 0.454 e. The first-order chi connectivity index (χ1) is 18.1. The number of fused-ring (bicyclic) bond motifs is 1. The average molecular weight is 518 g/mol. The Hall–Kier alpha value is -3.29. The van der Waals surface area contributed by atoms with Crippen LogP contribution in [0.15, 0.2) is 77.8 Å². The van der Waals surface area contributed by atoms with Crippen LogP contribution >= 0.6 is 11.8 Å². The zero-order valence-electron chi connectivity index (χ0n) is 21.3. The van der Waals surface area contributed by atoms with Gasteiger partial charge in [-0.05, 0) is 54.1 Å². The lowest BCUT2D eigenvalue weighted by molar-refractivity contribution is 0.174. The molecule has 0 radical (unpaired) electrons. The molecule has 0 atom stereocenters. The van der Waals surface area contributed by atoms with Gasteiger partial charge in [-0.15, -0.1) is 11.8 Å². The fourth-order valence-corrected chi connectivity index (χ4v) is 5.34. The van der Waals surface area contributed by atoms with Crippen molar-refractivity contribution in [2.45, 2.75) is 50.8 Å². The maximum atomic E-state index is 14.0. The van der Waals surface area contributed by atoms with Gasteiger partial charge in [0, 0.05) is 36.6 Å². The van der Waals surface area contributed by atoms with Crippen LogP contribution in [0.3, 0.4) is 0 Å². The van der Waals surface area contributed by atoms with Crippen molar-refractivity contribution in [1.82, 2.24) is 14.5 Å². The lowest BCUT2D eigenvalue weighted by atomic mass is 10.1. The van der Waals surface area contributed by atoms with Crippen molar-refractivity contribution < 1.29 is 13.9 Å². The first kappa shape index (κ1) is 25.4. The van der Waals surface area contributed by atoms with E-state index in [2.05, 4.69) is 59.0 Å². The summed E-state index contributed by atoms with van der Waals surface area (Å²) in [4.78, 5) is 8.47. The maximum absolute atomic E-state index is 14.0. The van der Waals surface area contributed by atoms with Crippen molar-refractivity contribution in [2.24, 2.45) is 0 Å². The summed E-state index contributed by atoms with van der Waals surface area (Å²) in [7, 11) is 0. The molecule has 37 heavy (non-hydrogen) atoms. The SMILES string of the molecule is CCCCn1c(CN(Cc2ccc3c(c2)OCO3)Cc2ccccc2SC)cnc1-c1cccc(F)c1. The predicted octanol–water partition coefficient (Wildman–Crippen LogP) is 7.14. The Balaban J connectivity index is 1.47. The molecule has 0 spiro atoms. The summed E-state index contributed by atoms with van der Waals surface area (Å²) in [6.07, 6.45) is 6.17. The molecule has 1 aliphatic heterocycles. The van der Waals surface area contributed by atoms with Crippen molar-refractivity contribution >= 4 is 11.8 Å². The minimum atomic E-state index is -0.248. The minimum absolute atomic E-state index is 0.248. The van der Waals surface area contributed by atoms with Crippen LogP contribution in [0.2, 0.25) is 0 Å². The summed E-state index contributed by atoms with van der Waals surface area (Å²) in [6, 6.07) is 21.4. The van der Waals surface area contributed by atoms with E-state index in [-0.39, 0.29) is 12.6 Å². The van der Waals surface area contributed by atoms with E-state index >= 15 is 0 Å². The molecule has 0 saturated carbocycles. The zero-order chi connectivity index (χ0) is 25.6. The van der Waals surface area contributed by atoms with Gasteiger partial charge in [0.25, 0.3) is 0 Å². The fraction of sp³-hybridized carbons (Fsp3) is 0.300. The molecular formula is C30H32FN3O2S. The molecule has 0 bridgehead atoms. The Bertz CT molecular complexity index is 1360. The predicted molar refractivity (Wildman–Crippen MR) is 146 cm³/mol. The lowest BCUT2D eigenvalue weighted by Crippen LogP contribution is -2.24. The van der Waals surface area contributed by atoms with Gasteiger partial charge < -0.3 is 14.0 Å². The topological polar surface area (TPSA) is 39.5 Å². The second kappa shape index (κ2) is 11.8. The molecule has 3 aromatic carbocycles. The molecule has 0 saturated heterocycles. The number of unbranched alkanes of at least 4 members (excludes halogenated alkanes) is 1. The first-order valence-electron chi connectivity index (χ1n) is 12.7. The number of imidazole rings is 1. The molecule has 0 amide bonds. The fourth-order valence-electron chi connectivity index (χ4n) is 4.73. The Labute approximate surface area is 222 Å². The van der Waals surface area contributed by atoms with E-state index in [0.29, 0.717) is 6.54 Å². The van der Waals surface area contributed by atoms with E-state index in [1.807, 2.05) is 18.3 Å². The Kier molecular flexibility index (Phi) is 8.12. The number of benzene rings is 3. The van der Waals surface area contributed by atoms with E-state index in [0.717, 1.165) is 66.6 Å². The molecule has 5 nitrogen and oxygen atoms in total. The summed E-state index contributed by atoms with van der Waals surface area (Å²) < 4.78 is 27.4. The third-order valence-electron chi connectivity index (χ3n) is 6.57. The lowest BCUT2D eigenvalue weighted by Gasteiger charge is -2.25. The van der Waals surface area contributed by atoms with Gasteiger partial charge in [0.2, 0.25) is 6.79 Å². The van der Waals surface area contributed by atoms with Crippen molar-refractivity contribution in [3.63, 3.8) is 0 Å². The molecular weight excluding hydrogens is 485 g/mol. The number of hydrogen-bond donors (Lipinski definition) is 0. The van der Waals surface area contributed by atoms with Gasteiger partial charge in [-0.25, -0.2) is 9.37 Å². The van der Waals surface area contributed by atoms with Crippen LogP contribution in [-0.2, 0) is 26.2 Å². The van der Waals surface area contributed by atoms with Crippen LogP contribution in [0.25, 0.3) is 11.4 Å². The second-order valence-electron chi connectivity index (χ2n) is 9.23. The molecule has 192 valence electrons. The smallest absolute Gasteiger partial charge is 0.231 e. The highest BCUT2D eigenvalue weighted by Gasteiger charge is 2.19. The third-order valence-corrected chi connectivity index (χ3v) is 7.41. The second-order valence-corrected chi connectivity index (χ2v) is 10.1. The number of hydrogen-bond acceptors (Lipinski definition) is 5. The maximum Gasteiger partial charge on any atom is 0.231 e. The molecule has 1 aromatic heterocycles. The van der Waals surface area contributed by atoms with Crippen molar-refractivity contribution in [3.05, 3.63) is 95.6 Å². The normalized spacial score (nSPS) is 12.4. The monoisotopic (exact) mass is 517 g/mol. The van der Waals surface area contributed by atoms with Crippen LogP contribution in [0.4, 0.5) is 4.39 Å². The highest BCUT2D eigenvalue weighted by atomic mass is 32.2. The third kappa shape index (κ3) is 6.00. The highest BCUT2D eigenvalue weighted by Crippen LogP contribution is 2.33. The Morgan fingerprint density at radius 2 is 1.84 bits per heavy atom. The van der Waals surface area contributed by atoms with Gasteiger partial charge in [0.05, 0.1) is 11.9 Å². The summed E-state index contributed by atoms with van der Waals surface area (Å²) in [6.45, 7) is 5.54. The first-order valence-corrected chi connectivity index (χ1v) is 13.9. The summed E-state index contributed by atoms with van der Waals surface area (Å²) in [5.74, 6) is 2.15. The number of aromatic nitrogens is 2. The molecule has 2 heterocycles. The number of rotatable bonds is 11. The van der Waals surface area contributed by atoms with Crippen molar-refractivity contribution in [3.8, 4) is 22.9 Å². The van der Waals surface area contributed by atoms with E-state index in [4.69, 9.17) is 14.5 Å². The van der Waals surface area contributed by atoms with Gasteiger partial charge in [-0.1, -0.05) is 49.7 Å². The van der Waals surface area contributed by atoms with Crippen LogP contribution in [0, 0.1) is 5.82 Å². The average Bonchev–Trinajstić information content (AvgIpc) is 3.54. The van der Waals surface area contributed by atoms with E-state index in [1.54, 1.807) is 23.9 Å². The van der Waals surface area contributed by atoms with Crippen molar-refractivity contribution in [1.29, 1.82) is 0 Å². The number of ether oxygens (including phenoxy) is 2. The van der Waals surface area contributed by atoms with E-state index in [9.17, 15) is 4.39 Å². The molecule has 0 unspecified atom stereocenters. The zero-order valence-corrected chi connectivity index (χ0v) is 22.1. The summed E-state index contributed by atoms with van der Waals surface area (Å²) in [5.41, 5.74) is 4.38. The number of thioether (sulfide) groups is 1. The van der Waals surface area contributed by atoms with Crippen LogP contribution in [0.1, 0.15) is 36.6 Å².